The van der Waals surface area contributed by atoms with E-state index < -0.39 is 0 Å². The van der Waals surface area contributed by atoms with Crippen LogP contribution in [0.2, 0.25) is 0 Å². The van der Waals surface area contributed by atoms with Crippen LogP contribution in [0, 0.1) is 25.2 Å². The highest BCUT2D eigenvalue weighted by atomic mass is 16.4. The lowest BCUT2D eigenvalue weighted by molar-refractivity contribution is 0.495. The van der Waals surface area contributed by atoms with Crippen LogP contribution in [-0.4, -0.2) is 4.98 Å². The Morgan fingerprint density at radius 3 is 2.33 bits per heavy atom. The average molecular weight is 198 g/mol. The molecule has 0 aliphatic heterocycles. The summed E-state index contributed by atoms with van der Waals surface area (Å²) in [5.41, 5.74) is 2.47. The summed E-state index contributed by atoms with van der Waals surface area (Å²) >= 11 is 0. The number of benzene rings is 1. The second-order valence-electron chi connectivity index (χ2n) is 3.33. The number of aromatic nitrogens is 1. The van der Waals surface area contributed by atoms with Gasteiger partial charge in [-0.1, -0.05) is 12.1 Å². The van der Waals surface area contributed by atoms with Gasteiger partial charge in [-0.25, -0.2) is 4.98 Å². The Balaban J connectivity index is 2.46. The molecule has 0 N–H and O–H groups in total. The third-order valence-electron chi connectivity index (χ3n) is 2.19. The van der Waals surface area contributed by atoms with Crippen LogP contribution in [0.5, 0.6) is 0 Å². The molecule has 0 amide bonds. The van der Waals surface area contributed by atoms with Crippen molar-refractivity contribution in [3.8, 4) is 17.3 Å². The van der Waals surface area contributed by atoms with Gasteiger partial charge in [-0.15, -0.1) is 0 Å². The minimum atomic E-state index is 0.650. The SMILES string of the molecule is Cc1nc(-c2ccc(C#N)cc2)c(C)o1. The van der Waals surface area contributed by atoms with Crippen molar-refractivity contribution in [1.82, 2.24) is 4.98 Å². The highest BCUT2D eigenvalue weighted by Crippen LogP contribution is 2.23. The molecule has 0 fully saturated rings. The predicted molar refractivity (Wildman–Crippen MR) is 56.1 cm³/mol. The zero-order valence-corrected chi connectivity index (χ0v) is 8.61. The topological polar surface area (TPSA) is 49.8 Å². The van der Waals surface area contributed by atoms with Gasteiger partial charge in [0.1, 0.15) is 11.5 Å². The maximum absolute atomic E-state index is 8.67. The minimum absolute atomic E-state index is 0.650. The lowest BCUT2D eigenvalue weighted by atomic mass is 10.1. The first-order chi connectivity index (χ1) is 7.20. The number of oxazole rings is 1. The van der Waals surface area contributed by atoms with E-state index in [0.29, 0.717) is 11.5 Å². The largest absolute Gasteiger partial charge is 0.446 e. The molecule has 15 heavy (non-hydrogen) atoms. The van der Waals surface area contributed by atoms with Gasteiger partial charge in [0.15, 0.2) is 5.89 Å². The van der Waals surface area contributed by atoms with Crippen molar-refractivity contribution in [2.75, 3.05) is 0 Å². The van der Waals surface area contributed by atoms with Crippen molar-refractivity contribution >= 4 is 0 Å². The molecule has 1 heterocycles. The van der Waals surface area contributed by atoms with Gasteiger partial charge in [-0.3, -0.25) is 0 Å². The summed E-state index contributed by atoms with van der Waals surface area (Å²) in [6.45, 7) is 3.70. The van der Waals surface area contributed by atoms with Gasteiger partial charge < -0.3 is 4.42 Å². The Morgan fingerprint density at radius 2 is 1.87 bits per heavy atom. The van der Waals surface area contributed by atoms with Crippen LogP contribution in [0.4, 0.5) is 0 Å². The monoisotopic (exact) mass is 198 g/mol. The molecule has 0 aliphatic carbocycles. The molecule has 0 aliphatic rings. The Morgan fingerprint density at radius 1 is 1.20 bits per heavy atom. The van der Waals surface area contributed by atoms with Crippen LogP contribution < -0.4 is 0 Å². The molecule has 74 valence electrons. The van der Waals surface area contributed by atoms with Crippen LogP contribution in [0.15, 0.2) is 28.7 Å². The standard InChI is InChI=1S/C12H10N2O/c1-8-12(14-9(2)15-8)11-5-3-10(7-13)4-6-11/h3-6H,1-2H3. The van der Waals surface area contributed by atoms with E-state index in [1.165, 1.54) is 0 Å². The minimum Gasteiger partial charge on any atom is -0.446 e. The van der Waals surface area contributed by atoms with Crippen LogP contribution in [0.1, 0.15) is 17.2 Å². The number of nitriles is 1. The molecule has 0 atom stereocenters. The van der Waals surface area contributed by atoms with Crippen LogP contribution >= 0.6 is 0 Å². The summed E-state index contributed by atoms with van der Waals surface area (Å²) in [6.07, 6.45) is 0. The molecule has 2 rings (SSSR count). The Bertz CT molecular complexity index is 518. The van der Waals surface area contributed by atoms with E-state index in [1.54, 1.807) is 12.1 Å². The maximum Gasteiger partial charge on any atom is 0.191 e. The molecule has 0 unspecified atom stereocenters. The number of aryl methyl sites for hydroxylation is 2. The lowest BCUT2D eigenvalue weighted by Gasteiger charge is -1.96. The van der Waals surface area contributed by atoms with E-state index in [1.807, 2.05) is 26.0 Å². The molecule has 0 radical (unpaired) electrons. The molecule has 1 aromatic heterocycles. The average Bonchev–Trinajstić information content (AvgIpc) is 2.58. The smallest absolute Gasteiger partial charge is 0.191 e. The summed E-state index contributed by atoms with van der Waals surface area (Å²) in [5, 5.41) is 8.67. The van der Waals surface area contributed by atoms with Gasteiger partial charge in [0.2, 0.25) is 0 Å². The Hall–Kier alpha value is -2.08. The van der Waals surface area contributed by atoms with Gasteiger partial charge in [-0.05, 0) is 19.1 Å². The molecule has 3 heteroatoms. The number of hydrogen-bond acceptors (Lipinski definition) is 3. The Kier molecular flexibility index (Phi) is 2.26. The van der Waals surface area contributed by atoms with Crippen molar-refractivity contribution < 1.29 is 4.42 Å². The number of hydrogen-bond donors (Lipinski definition) is 0. The lowest BCUT2D eigenvalue weighted by Crippen LogP contribution is -1.81. The summed E-state index contributed by atoms with van der Waals surface area (Å²) in [4.78, 5) is 4.29. The molecular formula is C12H10N2O. The molecule has 0 saturated carbocycles. The summed E-state index contributed by atoms with van der Waals surface area (Å²) < 4.78 is 5.35. The van der Waals surface area contributed by atoms with Gasteiger partial charge in [-0.2, -0.15) is 5.26 Å². The van der Waals surface area contributed by atoms with E-state index >= 15 is 0 Å². The molecule has 1 aromatic carbocycles. The van der Waals surface area contributed by atoms with Crippen molar-refractivity contribution in [1.29, 1.82) is 5.26 Å². The number of nitrogens with zero attached hydrogens (tertiary/aromatic N) is 2. The molecule has 0 saturated heterocycles. The van der Waals surface area contributed by atoms with Gasteiger partial charge in [0, 0.05) is 12.5 Å². The summed E-state index contributed by atoms with van der Waals surface area (Å²) in [5.74, 6) is 1.46. The normalized spacial score (nSPS) is 9.93. The summed E-state index contributed by atoms with van der Waals surface area (Å²) in [7, 11) is 0. The first kappa shape index (κ1) is 9.47. The zero-order valence-electron chi connectivity index (χ0n) is 8.61. The molecular weight excluding hydrogens is 188 g/mol. The van der Waals surface area contributed by atoms with Crippen molar-refractivity contribution in [2.45, 2.75) is 13.8 Å². The van der Waals surface area contributed by atoms with Gasteiger partial charge >= 0.3 is 0 Å². The fourth-order valence-corrected chi connectivity index (χ4v) is 1.50. The van der Waals surface area contributed by atoms with E-state index in [9.17, 15) is 0 Å². The van der Waals surface area contributed by atoms with Crippen LogP contribution in [-0.2, 0) is 0 Å². The van der Waals surface area contributed by atoms with Gasteiger partial charge in [0.25, 0.3) is 0 Å². The molecule has 0 bridgehead atoms. The molecule has 2 aromatic rings. The number of rotatable bonds is 1. The van der Waals surface area contributed by atoms with E-state index in [2.05, 4.69) is 11.1 Å². The van der Waals surface area contributed by atoms with E-state index in [0.717, 1.165) is 17.0 Å². The highest BCUT2D eigenvalue weighted by molar-refractivity contribution is 5.61. The quantitative estimate of drug-likeness (QED) is 0.707. The van der Waals surface area contributed by atoms with E-state index in [-0.39, 0.29) is 0 Å². The summed E-state index contributed by atoms with van der Waals surface area (Å²) in [6, 6.07) is 9.39. The Labute approximate surface area is 88.0 Å². The van der Waals surface area contributed by atoms with Crippen LogP contribution in [0.25, 0.3) is 11.3 Å². The zero-order chi connectivity index (χ0) is 10.8. The maximum atomic E-state index is 8.67. The van der Waals surface area contributed by atoms with E-state index in [4.69, 9.17) is 9.68 Å². The van der Waals surface area contributed by atoms with Gasteiger partial charge in [0.05, 0.1) is 11.6 Å². The van der Waals surface area contributed by atoms with Crippen LogP contribution in [0.3, 0.4) is 0 Å². The van der Waals surface area contributed by atoms with Crippen molar-refractivity contribution in [3.63, 3.8) is 0 Å². The molecule has 3 nitrogen and oxygen atoms in total. The highest BCUT2D eigenvalue weighted by Gasteiger charge is 2.08. The molecule has 0 spiro atoms. The first-order valence-electron chi connectivity index (χ1n) is 4.65. The fourth-order valence-electron chi connectivity index (χ4n) is 1.50. The second kappa shape index (κ2) is 3.58. The third kappa shape index (κ3) is 1.75. The fraction of sp³-hybridized carbons (Fsp3) is 0.167. The predicted octanol–water partition coefficient (Wildman–Crippen LogP) is 2.83. The van der Waals surface area contributed by atoms with Crippen molar-refractivity contribution in [3.05, 3.63) is 41.5 Å². The first-order valence-corrected chi connectivity index (χ1v) is 4.65. The van der Waals surface area contributed by atoms with Crippen molar-refractivity contribution in [2.24, 2.45) is 0 Å². The second-order valence-corrected chi connectivity index (χ2v) is 3.33. The third-order valence-corrected chi connectivity index (χ3v) is 2.19.